The Bertz CT molecular complexity index is 912. The van der Waals surface area contributed by atoms with Gasteiger partial charge < -0.3 is 19.2 Å². The topological polar surface area (TPSA) is 107 Å². The molecule has 0 bridgehead atoms. The van der Waals surface area contributed by atoms with Gasteiger partial charge in [-0.3, -0.25) is 4.79 Å². The van der Waals surface area contributed by atoms with Gasteiger partial charge in [0, 0.05) is 12.1 Å². The normalized spacial score (nSPS) is 11.9. The second kappa shape index (κ2) is 8.01. The molecule has 0 saturated heterocycles. The standard InChI is InChI=1S/C18H24N2O6S/c1-18(2,3)20-27(22,23)16-9-8-14(26-16)17(21)19-11-12-6-7-13(24-4)15(10-12)25-5/h6-10,20H,11H2,1-5H3,(H,19,21). The molecule has 2 rings (SSSR count). The molecule has 1 heterocycles. The van der Waals surface area contributed by atoms with Crippen molar-refractivity contribution in [1.82, 2.24) is 10.0 Å². The maximum Gasteiger partial charge on any atom is 0.287 e. The van der Waals surface area contributed by atoms with E-state index in [4.69, 9.17) is 13.9 Å². The van der Waals surface area contributed by atoms with Crippen LogP contribution in [0.1, 0.15) is 36.9 Å². The molecule has 2 aromatic rings. The van der Waals surface area contributed by atoms with Gasteiger partial charge >= 0.3 is 0 Å². The van der Waals surface area contributed by atoms with Crippen molar-refractivity contribution in [2.24, 2.45) is 0 Å². The lowest BCUT2D eigenvalue weighted by Gasteiger charge is -2.18. The molecular weight excluding hydrogens is 372 g/mol. The van der Waals surface area contributed by atoms with E-state index in [2.05, 4.69) is 10.0 Å². The summed E-state index contributed by atoms with van der Waals surface area (Å²) in [7, 11) is -0.779. The van der Waals surface area contributed by atoms with Crippen LogP contribution in [0.3, 0.4) is 0 Å². The number of furan rings is 1. The van der Waals surface area contributed by atoms with E-state index in [0.717, 1.165) is 5.56 Å². The molecule has 0 unspecified atom stereocenters. The van der Waals surface area contributed by atoms with Gasteiger partial charge in [0.05, 0.1) is 14.2 Å². The molecule has 1 amide bonds. The number of ether oxygens (including phenoxy) is 2. The van der Waals surface area contributed by atoms with Crippen LogP contribution in [0.5, 0.6) is 11.5 Å². The van der Waals surface area contributed by atoms with E-state index in [1.807, 2.05) is 0 Å². The Kier molecular flexibility index (Phi) is 6.17. The number of rotatable bonds is 7. The van der Waals surface area contributed by atoms with Crippen molar-refractivity contribution in [1.29, 1.82) is 0 Å². The van der Waals surface area contributed by atoms with Crippen molar-refractivity contribution in [2.75, 3.05) is 14.2 Å². The highest BCUT2D eigenvalue weighted by molar-refractivity contribution is 7.89. The molecule has 2 N–H and O–H groups in total. The van der Waals surface area contributed by atoms with Crippen molar-refractivity contribution < 1.29 is 27.1 Å². The molecule has 0 radical (unpaired) electrons. The molecule has 0 saturated carbocycles. The molecule has 0 spiro atoms. The van der Waals surface area contributed by atoms with E-state index < -0.39 is 21.5 Å². The number of hydrogen-bond acceptors (Lipinski definition) is 6. The Labute approximate surface area is 158 Å². The van der Waals surface area contributed by atoms with Crippen LogP contribution < -0.4 is 19.5 Å². The van der Waals surface area contributed by atoms with E-state index in [-0.39, 0.29) is 17.4 Å². The number of sulfonamides is 1. The third-order valence-electron chi connectivity index (χ3n) is 3.41. The summed E-state index contributed by atoms with van der Waals surface area (Å²) in [5.74, 6) is 0.510. The SMILES string of the molecule is COc1ccc(CNC(=O)c2ccc(S(=O)(=O)NC(C)(C)C)o2)cc1OC. The van der Waals surface area contributed by atoms with Crippen LogP contribution in [-0.4, -0.2) is 34.1 Å². The van der Waals surface area contributed by atoms with E-state index in [9.17, 15) is 13.2 Å². The Morgan fingerprint density at radius 1 is 1.07 bits per heavy atom. The number of carbonyl (C=O) groups excluding carboxylic acids is 1. The summed E-state index contributed by atoms with van der Waals surface area (Å²) >= 11 is 0. The summed E-state index contributed by atoms with van der Waals surface area (Å²) in [5.41, 5.74) is 0.122. The Morgan fingerprint density at radius 3 is 2.33 bits per heavy atom. The summed E-state index contributed by atoms with van der Waals surface area (Å²) in [5, 5.41) is 2.36. The smallest absolute Gasteiger partial charge is 0.287 e. The van der Waals surface area contributed by atoms with Gasteiger partial charge in [-0.15, -0.1) is 0 Å². The minimum atomic E-state index is -3.84. The average molecular weight is 396 g/mol. The molecule has 27 heavy (non-hydrogen) atoms. The molecule has 0 aliphatic heterocycles. The third kappa shape index (κ3) is 5.48. The lowest BCUT2D eigenvalue weighted by atomic mass is 10.1. The van der Waals surface area contributed by atoms with Crippen molar-refractivity contribution in [2.45, 2.75) is 37.9 Å². The van der Waals surface area contributed by atoms with Crippen molar-refractivity contribution in [3.8, 4) is 11.5 Å². The van der Waals surface area contributed by atoms with Gasteiger partial charge in [-0.2, -0.15) is 0 Å². The zero-order valence-electron chi connectivity index (χ0n) is 16.0. The second-order valence-corrected chi connectivity index (χ2v) is 8.46. The number of carbonyl (C=O) groups is 1. The highest BCUT2D eigenvalue weighted by Crippen LogP contribution is 2.27. The van der Waals surface area contributed by atoms with Crippen LogP contribution >= 0.6 is 0 Å². The van der Waals surface area contributed by atoms with Gasteiger partial charge in [0.15, 0.2) is 17.3 Å². The first-order chi connectivity index (χ1) is 12.6. The summed E-state index contributed by atoms with van der Waals surface area (Å²) < 4.78 is 42.5. The fourth-order valence-electron chi connectivity index (χ4n) is 2.30. The Hall–Kier alpha value is -2.52. The number of hydrogen-bond donors (Lipinski definition) is 2. The van der Waals surface area contributed by atoms with Crippen LogP contribution in [0.2, 0.25) is 0 Å². The van der Waals surface area contributed by atoms with Gasteiger partial charge in [0.25, 0.3) is 15.9 Å². The largest absolute Gasteiger partial charge is 0.493 e. The first-order valence-electron chi connectivity index (χ1n) is 8.18. The van der Waals surface area contributed by atoms with Crippen molar-refractivity contribution in [3.63, 3.8) is 0 Å². The first kappa shape index (κ1) is 20.8. The molecule has 148 valence electrons. The number of nitrogens with one attached hydrogen (secondary N) is 2. The van der Waals surface area contributed by atoms with Gasteiger partial charge in [-0.05, 0) is 50.6 Å². The third-order valence-corrected chi connectivity index (χ3v) is 5.04. The fraction of sp³-hybridized carbons (Fsp3) is 0.389. The molecule has 0 fully saturated rings. The van der Waals surface area contributed by atoms with E-state index in [1.165, 1.54) is 26.4 Å². The lowest BCUT2D eigenvalue weighted by molar-refractivity contribution is 0.0917. The fourth-order valence-corrected chi connectivity index (χ4v) is 3.65. The van der Waals surface area contributed by atoms with E-state index in [1.54, 1.807) is 39.0 Å². The van der Waals surface area contributed by atoms with Gasteiger partial charge in [0.2, 0.25) is 5.09 Å². The highest BCUT2D eigenvalue weighted by Gasteiger charge is 2.26. The minimum absolute atomic E-state index is 0.0928. The number of amides is 1. The average Bonchev–Trinajstić information content (AvgIpc) is 3.08. The van der Waals surface area contributed by atoms with Crippen LogP contribution in [0.4, 0.5) is 0 Å². The van der Waals surface area contributed by atoms with Crippen molar-refractivity contribution >= 4 is 15.9 Å². The highest BCUT2D eigenvalue weighted by atomic mass is 32.2. The van der Waals surface area contributed by atoms with E-state index in [0.29, 0.717) is 11.5 Å². The predicted molar refractivity (Wildman–Crippen MR) is 99.5 cm³/mol. The minimum Gasteiger partial charge on any atom is -0.493 e. The second-order valence-electron chi connectivity index (χ2n) is 6.85. The van der Waals surface area contributed by atoms with E-state index >= 15 is 0 Å². The van der Waals surface area contributed by atoms with Crippen LogP contribution in [0, 0.1) is 0 Å². The lowest BCUT2D eigenvalue weighted by Crippen LogP contribution is -2.40. The van der Waals surface area contributed by atoms with Crippen LogP contribution in [-0.2, 0) is 16.6 Å². The molecule has 0 aliphatic carbocycles. The van der Waals surface area contributed by atoms with Crippen molar-refractivity contribution in [3.05, 3.63) is 41.7 Å². The van der Waals surface area contributed by atoms with Crippen LogP contribution in [0.25, 0.3) is 0 Å². The molecule has 0 aliphatic rings. The summed E-state index contributed by atoms with van der Waals surface area (Å²) in [6.45, 7) is 5.35. The Balaban J connectivity index is 2.07. The number of methoxy groups -OCH3 is 2. The van der Waals surface area contributed by atoms with Gasteiger partial charge in [-0.1, -0.05) is 6.07 Å². The maximum atomic E-state index is 12.2. The van der Waals surface area contributed by atoms with Gasteiger partial charge in [-0.25, -0.2) is 13.1 Å². The molecule has 0 atom stereocenters. The molecule has 1 aromatic heterocycles. The summed E-state index contributed by atoms with van der Waals surface area (Å²) in [6, 6.07) is 7.83. The quantitative estimate of drug-likeness (QED) is 0.744. The molecule has 8 nitrogen and oxygen atoms in total. The first-order valence-corrected chi connectivity index (χ1v) is 9.67. The monoisotopic (exact) mass is 396 g/mol. The predicted octanol–water partition coefficient (Wildman–Crippen LogP) is 2.30. The zero-order valence-corrected chi connectivity index (χ0v) is 16.8. The molecule has 9 heteroatoms. The zero-order chi connectivity index (χ0) is 20.2. The molecular formula is C18H24N2O6S. The summed E-state index contributed by atoms with van der Waals surface area (Å²) in [6.07, 6.45) is 0. The molecule has 1 aromatic carbocycles. The number of benzene rings is 1. The van der Waals surface area contributed by atoms with Gasteiger partial charge in [0.1, 0.15) is 0 Å². The van der Waals surface area contributed by atoms with Crippen LogP contribution in [0.15, 0.2) is 39.8 Å². The summed E-state index contributed by atoms with van der Waals surface area (Å²) in [4.78, 5) is 12.2. The maximum absolute atomic E-state index is 12.2. The Morgan fingerprint density at radius 2 is 1.74 bits per heavy atom.